The van der Waals surface area contributed by atoms with Crippen molar-refractivity contribution in [2.75, 3.05) is 15.5 Å². The molecule has 0 atom stereocenters. The number of hydrogen-bond donors (Lipinski definition) is 3. The van der Waals surface area contributed by atoms with Gasteiger partial charge in [-0.3, -0.25) is 14.4 Å². The average molecular weight is 539 g/mol. The van der Waals surface area contributed by atoms with Gasteiger partial charge < -0.3 is 10.6 Å². The van der Waals surface area contributed by atoms with E-state index in [1.54, 1.807) is 30.3 Å². The predicted molar refractivity (Wildman–Crippen MR) is 142 cm³/mol. The van der Waals surface area contributed by atoms with Crippen molar-refractivity contribution in [2.24, 2.45) is 5.14 Å². The molecule has 0 spiro atoms. The highest BCUT2D eigenvalue weighted by Gasteiger charge is 2.39. The number of hydrogen-bond acceptors (Lipinski definition) is 6. The summed E-state index contributed by atoms with van der Waals surface area (Å²) in [6, 6.07) is 18.7. The van der Waals surface area contributed by atoms with Crippen LogP contribution in [0.5, 0.6) is 0 Å². The molecule has 4 N–H and O–H groups in total. The van der Waals surface area contributed by atoms with E-state index in [0.29, 0.717) is 23.0 Å². The molecule has 3 amide bonds. The summed E-state index contributed by atoms with van der Waals surface area (Å²) in [5.74, 6) is -1.45. The number of imide groups is 1. The first kappa shape index (κ1) is 26.1. The molecular formula is C26H23ClN4O5S. The molecule has 0 saturated carbocycles. The zero-order valence-corrected chi connectivity index (χ0v) is 21.4. The van der Waals surface area contributed by atoms with Crippen molar-refractivity contribution < 1.29 is 22.8 Å². The fourth-order valence-corrected chi connectivity index (χ4v) is 4.40. The van der Waals surface area contributed by atoms with Crippen LogP contribution in [0.4, 0.5) is 17.1 Å². The second-order valence-corrected chi connectivity index (χ2v) is 10.5. The largest absolute Gasteiger partial charge is 0.350 e. The third-order valence-electron chi connectivity index (χ3n) is 5.68. The molecule has 190 valence electrons. The maximum absolute atomic E-state index is 13.1. The van der Waals surface area contributed by atoms with Gasteiger partial charge in [-0.25, -0.2) is 18.5 Å². The van der Waals surface area contributed by atoms with Gasteiger partial charge in [-0.1, -0.05) is 43.6 Å². The van der Waals surface area contributed by atoms with Gasteiger partial charge in [0.2, 0.25) is 10.0 Å². The molecule has 1 heterocycles. The Balaban J connectivity index is 1.50. The highest BCUT2D eigenvalue weighted by Crippen LogP contribution is 2.31. The number of amides is 3. The summed E-state index contributed by atoms with van der Waals surface area (Å²) in [7, 11) is -3.85. The van der Waals surface area contributed by atoms with Crippen molar-refractivity contribution >= 4 is 56.4 Å². The summed E-state index contributed by atoms with van der Waals surface area (Å²) >= 11 is 6.23. The first-order chi connectivity index (χ1) is 17.5. The Morgan fingerprint density at radius 2 is 1.57 bits per heavy atom. The van der Waals surface area contributed by atoms with Crippen LogP contribution in [0.15, 0.2) is 88.4 Å². The van der Waals surface area contributed by atoms with Crippen LogP contribution in [0.2, 0.25) is 0 Å². The quantitative estimate of drug-likeness (QED) is 0.386. The smallest absolute Gasteiger partial charge is 0.283 e. The summed E-state index contributed by atoms with van der Waals surface area (Å²) in [5, 5.41) is 10.3. The summed E-state index contributed by atoms with van der Waals surface area (Å²) < 4.78 is 22.8. The molecule has 0 fully saturated rings. The topological polar surface area (TPSA) is 139 Å². The Morgan fingerprint density at radius 3 is 2.16 bits per heavy atom. The lowest BCUT2D eigenvalue weighted by atomic mass is 10.0. The molecule has 11 heteroatoms. The number of carbonyl (C=O) groups is 3. The fraction of sp³-hybridized carbons (Fsp3) is 0.115. The Kier molecular flexibility index (Phi) is 7.17. The van der Waals surface area contributed by atoms with Gasteiger partial charge >= 0.3 is 0 Å². The Hall–Kier alpha value is -3.99. The van der Waals surface area contributed by atoms with Crippen molar-refractivity contribution in [1.82, 2.24) is 0 Å². The summed E-state index contributed by atoms with van der Waals surface area (Å²) in [4.78, 5) is 39.5. The first-order valence-electron chi connectivity index (χ1n) is 11.2. The first-order valence-corrected chi connectivity index (χ1v) is 13.1. The van der Waals surface area contributed by atoms with E-state index >= 15 is 0 Å². The zero-order chi connectivity index (χ0) is 26.9. The molecule has 0 radical (unpaired) electrons. The molecule has 0 aliphatic carbocycles. The lowest BCUT2D eigenvalue weighted by Gasteiger charge is -2.16. The third-order valence-corrected chi connectivity index (χ3v) is 6.96. The Morgan fingerprint density at radius 1 is 0.919 bits per heavy atom. The van der Waals surface area contributed by atoms with E-state index in [9.17, 15) is 22.8 Å². The van der Waals surface area contributed by atoms with Crippen LogP contribution in [0.25, 0.3) is 0 Å². The number of sulfonamides is 1. The number of halogens is 1. The van der Waals surface area contributed by atoms with E-state index in [4.69, 9.17) is 16.7 Å². The fourth-order valence-electron chi connectivity index (χ4n) is 3.67. The summed E-state index contributed by atoms with van der Waals surface area (Å²) in [5.41, 5.74) is 2.33. The molecular weight excluding hydrogens is 516 g/mol. The molecule has 3 aromatic rings. The third kappa shape index (κ3) is 5.56. The van der Waals surface area contributed by atoms with E-state index in [1.807, 2.05) is 26.0 Å². The van der Waals surface area contributed by atoms with Gasteiger partial charge in [0.1, 0.15) is 10.7 Å². The predicted octanol–water partition coefficient (Wildman–Crippen LogP) is 4.15. The van der Waals surface area contributed by atoms with Gasteiger partial charge in [-0.2, -0.15) is 0 Å². The van der Waals surface area contributed by atoms with Gasteiger partial charge in [0.15, 0.2) is 0 Å². The highest BCUT2D eigenvalue weighted by molar-refractivity contribution is 7.89. The number of nitrogens with one attached hydrogen (secondary N) is 2. The van der Waals surface area contributed by atoms with Crippen LogP contribution < -0.4 is 20.7 Å². The van der Waals surface area contributed by atoms with Crippen LogP contribution in [0, 0.1) is 0 Å². The molecule has 0 unspecified atom stereocenters. The Bertz CT molecular complexity index is 1530. The molecule has 9 nitrogen and oxygen atoms in total. The summed E-state index contributed by atoms with van der Waals surface area (Å²) in [6.45, 7) is 4.08. The van der Waals surface area contributed by atoms with Gasteiger partial charge in [0.25, 0.3) is 17.7 Å². The molecule has 3 aromatic carbocycles. The van der Waals surface area contributed by atoms with Crippen molar-refractivity contribution in [1.29, 1.82) is 0 Å². The standard InChI is InChI=1S/C26H23ClN4O5S/c1-15(2)16-6-10-20(11-7-16)31-25(33)22(27)23(26(31)34)29-19-5-3-4-17(14-19)24(32)30-18-8-12-21(13-9-18)37(28,35)36/h3-15,29H,1-2H3,(H,30,32)(H2,28,35,36). The minimum Gasteiger partial charge on any atom is -0.350 e. The van der Waals surface area contributed by atoms with Crippen LogP contribution in [0.3, 0.4) is 0 Å². The molecule has 0 saturated heterocycles. The van der Waals surface area contributed by atoms with Crippen molar-refractivity contribution in [2.45, 2.75) is 24.7 Å². The molecule has 1 aliphatic heterocycles. The zero-order valence-electron chi connectivity index (χ0n) is 19.9. The van der Waals surface area contributed by atoms with Crippen molar-refractivity contribution in [3.05, 3.63) is 94.7 Å². The molecule has 37 heavy (non-hydrogen) atoms. The number of anilines is 3. The van der Waals surface area contributed by atoms with Crippen LogP contribution in [-0.4, -0.2) is 26.1 Å². The van der Waals surface area contributed by atoms with Gasteiger partial charge in [-0.05, 0) is 66.1 Å². The van der Waals surface area contributed by atoms with Crippen molar-refractivity contribution in [3.8, 4) is 0 Å². The van der Waals surface area contributed by atoms with Crippen molar-refractivity contribution in [3.63, 3.8) is 0 Å². The Labute approximate surface area is 219 Å². The second-order valence-electron chi connectivity index (χ2n) is 8.61. The number of nitrogens with zero attached hydrogens (tertiary/aromatic N) is 1. The van der Waals surface area contributed by atoms with E-state index < -0.39 is 27.7 Å². The maximum Gasteiger partial charge on any atom is 0.283 e. The number of benzene rings is 3. The number of primary sulfonamides is 1. The SMILES string of the molecule is CC(C)c1ccc(N2C(=O)C(Cl)=C(Nc3cccc(C(=O)Nc4ccc(S(N)(=O)=O)cc4)c3)C2=O)cc1. The minimum atomic E-state index is -3.85. The summed E-state index contributed by atoms with van der Waals surface area (Å²) in [6.07, 6.45) is 0. The number of nitrogens with two attached hydrogens (primary N) is 1. The van der Waals surface area contributed by atoms with Gasteiger partial charge in [0, 0.05) is 16.9 Å². The monoisotopic (exact) mass is 538 g/mol. The van der Waals surface area contributed by atoms with E-state index in [0.717, 1.165) is 10.5 Å². The van der Waals surface area contributed by atoms with Gasteiger partial charge in [0.05, 0.1) is 10.6 Å². The van der Waals surface area contributed by atoms with Gasteiger partial charge in [-0.15, -0.1) is 0 Å². The maximum atomic E-state index is 13.1. The van der Waals surface area contributed by atoms with E-state index in [-0.39, 0.29) is 21.2 Å². The lowest BCUT2D eigenvalue weighted by molar-refractivity contribution is -0.120. The molecule has 0 bridgehead atoms. The molecule has 4 rings (SSSR count). The van der Waals surface area contributed by atoms with Crippen LogP contribution in [0.1, 0.15) is 35.7 Å². The lowest BCUT2D eigenvalue weighted by Crippen LogP contribution is -2.32. The minimum absolute atomic E-state index is 0.0810. The normalized spacial score (nSPS) is 13.9. The number of rotatable bonds is 7. The van der Waals surface area contributed by atoms with E-state index in [1.165, 1.54) is 30.3 Å². The molecule has 0 aromatic heterocycles. The highest BCUT2D eigenvalue weighted by atomic mass is 35.5. The van der Waals surface area contributed by atoms with E-state index in [2.05, 4.69) is 10.6 Å². The van der Waals surface area contributed by atoms with Crippen LogP contribution in [-0.2, 0) is 19.6 Å². The van der Waals surface area contributed by atoms with Crippen LogP contribution >= 0.6 is 11.6 Å². The molecule has 1 aliphatic rings. The average Bonchev–Trinajstić information content (AvgIpc) is 3.07. The second kappa shape index (κ2) is 10.2. The number of carbonyl (C=O) groups excluding carboxylic acids is 3.